The van der Waals surface area contributed by atoms with Crippen molar-refractivity contribution in [3.8, 4) is 0 Å². The number of esters is 4. The van der Waals surface area contributed by atoms with Crippen LogP contribution in [0.5, 0.6) is 0 Å². The molecule has 3 N–H and O–H groups in total. The fraction of sp³-hybridized carbons (Fsp3) is 0.946. The summed E-state index contributed by atoms with van der Waals surface area (Å²) >= 11 is 0. The van der Waals surface area contributed by atoms with Crippen molar-refractivity contribution in [3.05, 3.63) is 0 Å². The Kier molecular flexibility index (Phi) is 65.9. The monoisotopic (exact) mass is 1370 g/mol. The summed E-state index contributed by atoms with van der Waals surface area (Å²) in [6, 6.07) is 0. The van der Waals surface area contributed by atoms with Crippen LogP contribution in [0, 0.1) is 5.92 Å². The standard InChI is InChI=1S/C74H144O17P2/c1-6-10-13-16-19-21-23-24-25-26-27-31-35-38-43-48-53-58-72(77)85-64-70(91-74(79)60-55-50-45-40-36-32-29-28-30-34-37-42-46-51-56-67(5)9-4)66-89-93(82,83)87-62-68(75)61-86-92(80,81)88-65-69(63-84-71(76)57-52-47-41-18-15-12-8-3)90-73(78)59-54-49-44-39-33-22-20-17-14-11-7-2/h67-70,75H,6-66H2,1-5H3,(H,80,81)(H,82,83)/t67?,68-,69+,70+/m0/s1. The third-order valence-electron chi connectivity index (χ3n) is 17.6. The summed E-state index contributed by atoms with van der Waals surface area (Å²) in [5.74, 6) is -1.27. The Morgan fingerprint density at radius 1 is 0.301 bits per heavy atom. The number of carbonyl (C=O) groups is 4. The van der Waals surface area contributed by atoms with Gasteiger partial charge < -0.3 is 33.8 Å². The highest BCUT2D eigenvalue weighted by Gasteiger charge is 2.30. The van der Waals surface area contributed by atoms with E-state index in [0.717, 1.165) is 109 Å². The quantitative estimate of drug-likeness (QED) is 0.0222. The molecule has 0 aliphatic carbocycles. The zero-order valence-corrected chi connectivity index (χ0v) is 62.2. The van der Waals surface area contributed by atoms with Crippen molar-refractivity contribution in [2.45, 2.75) is 406 Å². The Bertz CT molecular complexity index is 1790. The van der Waals surface area contributed by atoms with Gasteiger partial charge in [-0.25, -0.2) is 9.13 Å². The van der Waals surface area contributed by atoms with Crippen LogP contribution in [-0.4, -0.2) is 96.7 Å². The molecule has 0 aromatic carbocycles. The van der Waals surface area contributed by atoms with Gasteiger partial charge in [0.05, 0.1) is 26.4 Å². The zero-order valence-electron chi connectivity index (χ0n) is 60.4. The third-order valence-corrected chi connectivity index (χ3v) is 19.5. The van der Waals surface area contributed by atoms with Gasteiger partial charge in [0.1, 0.15) is 19.3 Å². The highest BCUT2D eigenvalue weighted by Crippen LogP contribution is 2.45. The predicted octanol–water partition coefficient (Wildman–Crippen LogP) is 21.7. The molecule has 0 saturated carbocycles. The molecule has 19 heteroatoms. The van der Waals surface area contributed by atoms with E-state index >= 15 is 0 Å². The van der Waals surface area contributed by atoms with Gasteiger partial charge in [-0.1, -0.05) is 336 Å². The molecular formula is C74H144O17P2. The maximum absolute atomic E-state index is 13.1. The molecular weight excluding hydrogens is 1220 g/mol. The first-order valence-corrected chi connectivity index (χ1v) is 41.7. The van der Waals surface area contributed by atoms with Crippen molar-refractivity contribution < 1.29 is 80.2 Å². The van der Waals surface area contributed by atoms with E-state index in [1.807, 2.05) is 0 Å². The first-order chi connectivity index (χ1) is 45.1. The number of rotatable bonds is 74. The van der Waals surface area contributed by atoms with Crippen LogP contribution in [0.25, 0.3) is 0 Å². The Balaban J connectivity index is 5.19. The van der Waals surface area contributed by atoms with Gasteiger partial charge in [-0.05, 0) is 31.6 Å². The van der Waals surface area contributed by atoms with Crippen LogP contribution in [0.15, 0.2) is 0 Å². The molecule has 0 aliphatic heterocycles. The zero-order chi connectivity index (χ0) is 68.4. The molecule has 0 aromatic rings. The second kappa shape index (κ2) is 67.3. The topological polar surface area (TPSA) is 237 Å². The number of phosphoric acid groups is 2. The Morgan fingerprint density at radius 3 is 0.763 bits per heavy atom. The number of phosphoric ester groups is 2. The van der Waals surface area contributed by atoms with Gasteiger partial charge in [-0.2, -0.15) is 0 Å². The summed E-state index contributed by atoms with van der Waals surface area (Å²) in [5.41, 5.74) is 0. The maximum Gasteiger partial charge on any atom is 0.472 e. The summed E-state index contributed by atoms with van der Waals surface area (Å²) in [7, 11) is -9.90. The van der Waals surface area contributed by atoms with Gasteiger partial charge in [0, 0.05) is 25.7 Å². The average Bonchev–Trinajstić information content (AvgIpc) is 2.53. The van der Waals surface area contributed by atoms with Gasteiger partial charge in [0.2, 0.25) is 0 Å². The van der Waals surface area contributed by atoms with Crippen LogP contribution >= 0.6 is 15.6 Å². The Morgan fingerprint density at radius 2 is 0.516 bits per heavy atom. The van der Waals surface area contributed by atoms with E-state index in [-0.39, 0.29) is 25.7 Å². The van der Waals surface area contributed by atoms with Crippen LogP contribution in [0.2, 0.25) is 0 Å². The number of ether oxygens (including phenoxy) is 4. The molecule has 17 nitrogen and oxygen atoms in total. The van der Waals surface area contributed by atoms with Crippen LogP contribution < -0.4 is 0 Å². The van der Waals surface area contributed by atoms with E-state index in [0.29, 0.717) is 25.7 Å². The lowest BCUT2D eigenvalue weighted by Crippen LogP contribution is -2.30. The van der Waals surface area contributed by atoms with E-state index in [9.17, 15) is 43.2 Å². The number of aliphatic hydroxyl groups excluding tert-OH is 1. The molecule has 93 heavy (non-hydrogen) atoms. The maximum atomic E-state index is 13.1. The summed E-state index contributed by atoms with van der Waals surface area (Å²) < 4.78 is 68.3. The van der Waals surface area contributed by atoms with Crippen molar-refractivity contribution in [2.24, 2.45) is 5.92 Å². The third kappa shape index (κ3) is 67.0. The fourth-order valence-electron chi connectivity index (χ4n) is 11.3. The second-order valence-electron chi connectivity index (χ2n) is 26.9. The molecule has 3 unspecified atom stereocenters. The second-order valence-corrected chi connectivity index (χ2v) is 29.8. The largest absolute Gasteiger partial charge is 0.472 e. The summed E-state index contributed by atoms with van der Waals surface area (Å²) in [5, 5.41) is 10.6. The normalized spacial score (nSPS) is 14.3. The van der Waals surface area contributed by atoms with Gasteiger partial charge in [-0.3, -0.25) is 37.3 Å². The molecule has 0 aliphatic rings. The summed E-state index contributed by atoms with van der Waals surface area (Å²) in [6.07, 6.45) is 55.5. The van der Waals surface area contributed by atoms with Crippen molar-refractivity contribution in [3.63, 3.8) is 0 Å². The molecule has 6 atom stereocenters. The number of hydrogen-bond acceptors (Lipinski definition) is 15. The SMILES string of the molecule is CCCCCCCCCCCCCCCCCCCC(=O)OC[C@H](COP(=O)(O)OC[C@@H](O)COP(=O)(O)OC[C@@H](COC(=O)CCCCCCCCC)OC(=O)CCCCCCCCCCCCC)OC(=O)CCCCCCCCCCCCCCCCC(C)CC. The highest BCUT2D eigenvalue weighted by molar-refractivity contribution is 7.47. The van der Waals surface area contributed by atoms with Crippen LogP contribution in [0.4, 0.5) is 0 Å². The molecule has 0 spiro atoms. The number of aliphatic hydroxyl groups is 1. The first kappa shape index (κ1) is 91.1. The minimum atomic E-state index is -4.95. The lowest BCUT2D eigenvalue weighted by atomic mass is 9.99. The fourth-order valence-corrected chi connectivity index (χ4v) is 12.9. The van der Waals surface area contributed by atoms with Gasteiger partial charge in [-0.15, -0.1) is 0 Å². The minimum Gasteiger partial charge on any atom is -0.462 e. The molecule has 0 radical (unpaired) electrons. The first-order valence-electron chi connectivity index (χ1n) is 38.7. The van der Waals surface area contributed by atoms with Gasteiger partial charge in [0.25, 0.3) is 0 Å². The number of unbranched alkanes of at least 4 members (excludes halogenated alkanes) is 45. The van der Waals surface area contributed by atoms with Crippen LogP contribution in [-0.2, 0) is 65.4 Å². The van der Waals surface area contributed by atoms with Gasteiger partial charge in [0.15, 0.2) is 12.2 Å². The van der Waals surface area contributed by atoms with Crippen molar-refractivity contribution in [2.75, 3.05) is 39.6 Å². The molecule has 0 amide bonds. The smallest absolute Gasteiger partial charge is 0.462 e. The predicted molar refractivity (Wildman–Crippen MR) is 377 cm³/mol. The number of carbonyl (C=O) groups excluding carboxylic acids is 4. The van der Waals surface area contributed by atoms with E-state index < -0.39 is 97.5 Å². The molecule has 0 bridgehead atoms. The van der Waals surface area contributed by atoms with Crippen LogP contribution in [0.3, 0.4) is 0 Å². The lowest BCUT2D eigenvalue weighted by molar-refractivity contribution is -0.161. The van der Waals surface area contributed by atoms with E-state index in [1.165, 1.54) is 199 Å². The van der Waals surface area contributed by atoms with Crippen molar-refractivity contribution in [1.82, 2.24) is 0 Å². The average molecular weight is 1370 g/mol. The van der Waals surface area contributed by atoms with Crippen molar-refractivity contribution in [1.29, 1.82) is 0 Å². The van der Waals surface area contributed by atoms with E-state index in [1.54, 1.807) is 0 Å². The van der Waals surface area contributed by atoms with E-state index in [4.69, 9.17) is 37.0 Å². The molecule has 0 aromatic heterocycles. The molecule has 0 fully saturated rings. The van der Waals surface area contributed by atoms with Crippen LogP contribution in [0.1, 0.15) is 388 Å². The van der Waals surface area contributed by atoms with E-state index in [2.05, 4.69) is 34.6 Å². The Labute approximate surface area is 568 Å². The Hall–Kier alpha value is -1.94. The van der Waals surface area contributed by atoms with Gasteiger partial charge >= 0.3 is 39.5 Å². The highest BCUT2D eigenvalue weighted by atomic mass is 31.2. The lowest BCUT2D eigenvalue weighted by Gasteiger charge is -2.21. The number of hydrogen-bond donors (Lipinski definition) is 3. The summed E-state index contributed by atoms with van der Waals surface area (Å²) in [4.78, 5) is 72.6. The molecule has 0 saturated heterocycles. The molecule has 0 heterocycles. The minimum absolute atomic E-state index is 0.107. The molecule has 0 rings (SSSR count). The van der Waals surface area contributed by atoms with Crippen molar-refractivity contribution >= 4 is 39.5 Å². The molecule has 552 valence electrons. The summed E-state index contributed by atoms with van der Waals surface area (Å²) in [6.45, 7) is 7.29.